The van der Waals surface area contributed by atoms with Crippen LogP contribution < -0.4 is 10.2 Å². The Bertz CT molecular complexity index is 689. The molecule has 22 heavy (non-hydrogen) atoms. The highest BCUT2D eigenvalue weighted by atomic mass is 16.1. The average molecular weight is 292 g/mol. The van der Waals surface area contributed by atoms with Gasteiger partial charge in [-0.25, -0.2) is 0 Å². The highest BCUT2D eigenvalue weighted by molar-refractivity contribution is 5.93. The molecule has 3 heteroatoms. The summed E-state index contributed by atoms with van der Waals surface area (Å²) in [5, 5.41) is 3.02. The number of fused-ring (bicyclic) bond motifs is 1. The number of hydrogen-bond acceptors (Lipinski definition) is 2. The van der Waals surface area contributed by atoms with Crippen LogP contribution in [0.1, 0.15) is 24.8 Å². The molecule has 1 aliphatic carbocycles. The van der Waals surface area contributed by atoms with E-state index in [1.54, 1.807) is 0 Å². The second kappa shape index (κ2) is 5.48. The summed E-state index contributed by atoms with van der Waals surface area (Å²) in [6.07, 6.45) is 4.35. The van der Waals surface area contributed by atoms with Crippen molar-refractivity contribution >= 4 is 23.0 Å². The number of benzene rings is 2. The third-order valence-corrected chi connectivity index (χ3v) is 4.81. The molecule has 2 aromatic rings. The standard InChI is InChI=1S/C19H20N2O/c22-19(15-5-3-6-15)20-16-8-10-17(11-9-16)21-13-12-14-4-1-2-7-18(14)21/h1-2,4,7-11,15H,3,5-6,12-13H2,(H,20,22). The maximum Gasteiger partial charge on any atom is 0.227 e. The predicted octanol–water partition coefficient (Wildman–Crippen LogP) is 4.12. The normalized spacial score (nSPS) is 17.0. The summed E-state index contributed by atoms with van der Waals surface area (Å²) in [5.41, 5.74) is 4.79. The largest absolute Gasteiger partial charge is 0.341 e. The fourth-order valence-corrected chi connectivity index (χ4v) is 3.25. The quantitative estimate of drug-likeness (QED) is 0.923. The zero-order chi connectivity index (χ0) is 14.9. The van der Waals surface area contributed by atoms with Gasteiger partial charge in [-0.3, -0.25) is 4.79 Å². The number of anilines is 3. The SMILES string of the molecule is O=C(Nc1ccc(N2CCc3ccccc32)cc1)C1CCC1. The number of nitrogens with one attached hydrogen (secondary N) is 1. The average Bonchev–Trinajstić information content (AvgIpc) is 2.90. The number of amides is 1. The van der Waals surface area contributed by atoms with Crippen molar-refractivity contribution in [2.45, 2.75) is 25.7 Å². The second-order valence-corrected chi connectivity index (χ2v) is 6.19. The summed E-state index contributed by atoms with van der Waals surface area (Å²) in [6.45, 7) is 1.02. The lowest BCUT2D eigenvalue weighted by Crippen LogP contribution is -2.28. The summed E-state index contributed by atoms with van der Waals surface area (Å²) in [6, 6.07) is 16.8. The molecule has 1 aliphatic heterocycles. The number of carbonyl (C=O) groups is 1. The van der Waals surface area contributed by atoms with Crippen LogP contribution in [0.15, 0.2) is 48.5 Å². The monoisotopic (exact) mass is 292 g/mol. The highest BCUT2D eigenvalue weighted by Gasteiger charge is 2.25. The van der Waals surface area contributed by atoms with Gasteiger partial charge >= 0.3 is 0 Å². The van der Waals surface area contributed by atoms with E-state index in [0.29, 0.717) is 0 Å². The first kappa shape index (κ1) is 13.4. The molecule has 0 bridgehead atoms. The molecule has 1 saturated carbocycles. The van der Waals surface area contributed by atoms with Gasteiger partial charge in [-0.1, -0.05) is 24.6 Å². The molecule has 1 heterocycles. The van der Waals surface area contributed by atoms with Gasteiger partial charge in [-0.15, -0.1) is 0 Å². The van der Waals surface area contributed by atoms with Crippen LogP contribution in [-0.2, 0) is 11.2 Å². The summed E-state index contributed by atoms with van der Waals surface area (Å²) >= 11 is 0. The van der Waals surface area contributed by atoms with Gasteiger partial charge in [0.25, 0.3) is 0 Å². The van der Waals surface area contributed by atoms with Gasteiger partial charge in [0.2, 0.25) is 5.91 Å². The van der Waals surface area contributed by atoms with E-state index in [1.165, 1.54) is 23.4 Å². The molecule has 1 amide bonds. The molecule has 0 saturated heterocycles. The van der Waals surface area contributed by atoms with Crippen molar-refractivity contribution in [3.63, 3.8) is 0 Å². The van der Waals surface area contributed by atoms with Crippen LogP contribution in [0, 0.1) is 5.92 Å². The molecule has 4 rings (SSSR count). The minimum atomic E-state index is 0.172. The molecule has 2 aliphatic rings. The fourth-order valence-electron chi connectivity index (χ4n) is 3.25. The van der Waals surface area contributed by atoms with Crippen LogP contribution in [0.2, 0.25) is 0 Å². The Morgan fingerprint density at radius 2 is 1.82 bits per heavy atom. The molecule has 0 atom stereocenters. The third kappa shape index (κ3) is 2.37. The second-order valence-electron chi connectivity index (χ2n) is 6.19. The van der Waals surface area contributed by atoms with Crippen molar-refractivity contribution in [2.24, 2.45) is 5.92 Å². The maximum absolute atomic E-state index is 12.0. The Kier molecular flexibility index (Phi) is 3.34. The minimum Gasteiger partial charge on any atom is -0.341 e. The molecule has 112 valence electrons. The van der Waals surface area contributed by atoms with Crippen LogP contribution in [0.3, 0.4) is 0 Å². The van der Waals surface area contributed by atoms with E-state index >= 15 is 0 Å². The highest BCUT2D eigenvalue weighted by Crippen LogP contribution is 2.34. The summed E-state index contributed by atoms with van der Waals surface area (Å²) in [5.74, 6) is 0.399. The molecule has 2 aromatic carbocycles. The molecule has 0 spiro atoms. The lowest BCUT2D eigenvalue weighted by Gasteiger charge is -2.24. The van der Waals surface area contributed by atoms with E-state index in [4.69, 9.17) is 0 Å². The van der Waals surface area contributed by atoms with Crippen LogP contribution in [0.25, 0.3) is 0 Å². The van der Waals surface area contributed by atoms with Gasteiger partial charge in [-0.2, -0.15) is 0 Å². The summed E-state index contributed by atoms with van der Waals surface area (Å²) < 4.78 is 0. The number of rotatable bonds is 3. The fraction of sp³-hybridized carbons (Fsp3) is 0.316. The van der Waals surface area contributed by atoms with E-state index in [1.807, 2.05) is 12.1 Å². The Morgan fingerprint density at radius 3 is 2.55 bits per heavy atom. The Morgan fingerprint density at radius 1 is 1.05 bits per heavy atom. The Labute approximate surface area is 131 Å². The van der Waals surface area contributed by atoms with E-state index in [-0.39, 0.29) is 11.8 Å². The summed E-state index contributed by atoms with van der Waals surface area (Å²) in [7, 11) is 0. The van der Waals surface area contributed by atoms with E-state index in [2.05, 4.69) is 46.6 Å². The van der Waals surface area contributed by atoms with Gasteiger partial charge in [0.05, 0.1) is 0 Å². The molecule has 3 nitrogen and oxygen atoms in total. The van der Waals surface area contributed by atoms with Crippen LogP contribution in [0.4, 0.5) is 17.1 Å². The molecule has 0 radical (unpaired) electrons. The van der Waals surface area contributed by atoms with Gasteiger partial charge in [0.1, 0.15) is 0 Å². The van der Waals surface area contributed by atoms with Crippen molar-refractivity contribution < 1.29 is 4.79 Å². The van der Waals surface area contributed by atoms with Crippen LogP contribution in [0.5, 0.6) is 0 Å². The van der Waals surface area contributed by atoms with E-state index in [0.717, 1.165) is 31.5 Å². The number of carbonyl (C=O) groups excluding carboxylic acids is 1. The molecule has 1 N–H and O–H groups in total. The van der Waals surface area contributed by atoms with E-state index < -0.39 is 0 Å². The van der Waals surface area contributed by atoms with Gasteiger partial charge in [0, 0.05) is 29.5 Å². The molecule has 0 aromatic heterocycles. The third-order valence-electron chi connectivity index (χ3n) is 4.81. The number of hydrogen-bond donors (Lipinski definition) is 1. The molecular formula is C19H20N2O. The topological polar surface area (TPSA) is 32.3 Å². The predicted molar refractivity (Wildman–Crippen MR) is 89.6 cm³/mol. The molecule has 0 unspecified atom stereocenters. The first-order valence-corrected chi connectivity index (χ1v) is 8.08. The first-order chi connectivity index (χ1) is 10.8. The smallest absolute Gasteiger partial charge is 0.227 e. The lowest BCUT2D eigenvalue weighted by molar-refractivity contribution is -0.122. The van der Waals surface area contributed by atoms with Crippen molar-refractivity contribution in [1.29, 1.82) is 0 Å². The molecule has 1 fully saturated rings. The zero-order valence-corrected chi connectivity index (χ0v) is 12.6. The zero-order valence-electron chi connectivity index (χ0n) is 12.6. The van der Waals surface area contributed by atoms with Crippen molar-refractivity contribution in [2.75, 3.05) is 16.8 Å². The van der Waals surface area contributed by atoms with Gasteiger partial charge in [0.15, 0.2) is 0 Å². The van der Waals surface area contributed by atoms with Gasteiger partial charge in [-0.05, 0) is 55.2 Å². The summed E-state index contributed by atoms with van der Waals surface area (Å²) in [4.78, 5) is 14.3. The van der Waals surface area contributed by atoms with E-state index in [9.17, 15) is 4.79 Å². The van der Waals surface area contributed by atoms with Crippen molar-refractivity contribution in [3.8, 4) is 0 Å². The number of para-hydroxylation sites is 1. The Hall–Kier alpha value is -2.29. The molecular weight excluding hydrogens is 272 g/mol. The number of nitrogens with zero attached hydrogens (tertiary/aromatic N) is 1. The maximum atomic E-state index is 12.0. The minimum absolute atomic E-state index is 0.172. The lowest BCUT2D eigenvalue weighted by atomic mass is 9.85. The van der Waals surface area contributed by atoms with Crippen LogP contribution >= 0.6 is 0 Å². The first-order valence-electron chi connectivity index (χ1n) is 8.08. The van der Waals surface area contributed by atoms with Crippen molar-refractivity contribution in [1.82, 2.24) is 0 Å². The van der Waals surface area contributed by atoms with Crippen molar-refractivity contribution in [3.05, 3.63) is 54.1 Å². The Balaban J connectivity index is 1.49. The van der Waals surface area contributed by atoms with Crippen LogP contribution in [-0.4, -0.2) is 12.5 Å². The van der Waals surface area contributed by atoms with Gasteiger partial charge < -0.3 is 10.2 Å².